The summed E-state index contributed by atoms with van der Waals surface area (Å²) in [6, 6.07) is 2.16. The van der Waals surface area contributed by atoms with Crippen LogP contribution in [-0.2, 0) is 17.2 Å². The molecule has 2 aromatic rings. The largest absolute Gasteiger partial charge is 0.381 e. The van der Waals surface area contributed by atoms with Crippen LogP contribution in [0.2, 0.25) is 0 Å². The molecule has 6 heteroatoms. The van der Waals surface area contributed by atoms with Crippen molar-refractivity contribution in [1.29, 1.82) is 0 Å². The number of halogens is 3. The summed E-state index contributed by atoms with van der Waals surface area (Å²) in [6.45, 7) is 2.20. The molecule has 0 amide bonds. The van der Waals surface area contributed by atoms with Gasteiger partial charge in [0, 0.05) is 25.8 Å². The predicted octanol–water partition coefficient (Wildman–Crippen LogP) is 3.48. The number of nitrogens with zero attached hydrogens (tertiary/aromatic N) is 2. The summed E-state index contributed by atoms with van der Waals surface area (Å²) in [5.74, 6) is 0.00610. The van der Waals surface area contributed by atoms with Crippen LogP contribution in [0, 0.1) is 17.6 Å². The molecule has 2 heterocycles. The average molecular weight is 301 g/mol. The Bertz CT molecular complexity index is 623. The van der Waals surface area contributed by atoms with E-state index in [9.17, 15) is 8.78 Å². The normalized spacial score (nSPS) is 19.1. The van der Waals surface area contributed by atoms with Crippen LogP contribution in [-0.4, -0.2) is 22.8 Å². The number of fused-ring (bicyclic) bond motifs is 1. The number of aromatic nitrogens is 2. The summed E-state index contributed by atoms with van der Waals surface area (Å²) >= 11 is 5.87. The van der Waals surface area contributed by atoms with Gasteiger partial charge >= 0.3 is 0 Å². The molecule has 0 aliphatic carbocycles. The highest BCUT2D eigenvalue weighted by atomic mass is 35.5. The number of imidazole rings is 1. The molecule has 1 aromatic carbocycles. The van der Waals surface area contributed by atoms with Crippen LogP contribution in [0.3, 0.4) is 0 Å². The van der Waals surface area contributed by atoms with Crippen molar-refractivity contribution in [2.45, 2.75) is 25.3 Å². The van der Waals surface area contributed by atoms with Gasteiger partial charge < -0.3 is 9.30 Å². The van der Waals surface area contributed by atoms with Crippen molar-refractivity contribution in [3.8, 4) is 0 Å². The van der Waals surface area contributed by atoms with Crippen molar-refractivity contribution in [3.05, 3.63) is 29.6 Å². The smallest absolute Gasteiger partial charge is 0.153 e. The van der Waals surface area contributed by atoms with Crippen LogP contribution in [0.5, 0.6) is 0 Å². The molecule has 0 radical (unpaired) electrons. The molecule has 3 nitrogen and oxygen atoms in total. The van der Waals surface area contributed by atoms with E-state index in [1.54, 1.807) is 0 Å². The highest BCUT2D eigenvalue weighted by molar-refractivity contribution is 6.16. The molecule has 1 aliphatic heterocycles. The Kier molecular flexibility index (Phi) is 3.89. The Balaban J connectivity index is 1.94. The molecule has 0 bridgehead atoms. The highest BCUT2D eigenvalue weighted by Gasteiger charge is 2.19. The summed E-state index contributed by atoms with van der Waals surface area (Å²) in [4.78, 5) is 4.18. The van der Waals surface area contributed by atoms with Crippen molar-refractivity contribution >= 4 is 22.6 Å². The van der Waals surface area contributed by atoms with Gasteiger partial charge in [0.2, 0.25) is 0 Å². The second-order valence-corrected chi connectivity index (χ2v) is 5.35. The van der Waals surface area contributed by atoms with Gasteiger partial charge in [0.1, 0.15) is 17.2 Å². The lowest BCUT2D eigenvalue weighted by molar-refractivity contribution is 0.183. The lowest BCUT2D eigenvalue weighted by Crippen LogP contribution is -2.08. The van der Waals surface area contributed by atoms with E-state index in [0.29, 0.717) is 23.8 Å². The zero-order valence-electron chi connectivity index (χ0n) is 10.9. The monoisotopic (exact) mass is 300 g/mol. The first-order valence-electron chi connectivity index (χ1n) is 6.67. The van der Waals surface area contributed by atoms with Crippen molar-refractivity contribution in [1.82, 2.24) is 9.55 Å². The molecule has 0 N–H and O–H groups in total. The molecule has 1 aliphatic rings. The van der Waals surface area contributed by atoms with Gasteiger partial charge in [-0.05, 0) is 24.8 Å². The maximum atomic E-state index is 13.7. The standard InChI is InChI=1S/C14H15ClF2N2O/c15-7-13-18-14-11(17)5-10(16)6-12(14)19(13)3-1-9-2-4-20-8-9/h5-6,9H,1-4,7-8H2. The molecule has 1 saturated heterocycles. The maximum absolute atomic E-state index is 13.7. The van der Waals surface area contributed by atoms with Crippen LogP contribution >= 0.6 is 11.6 Å². The number of aryl methyl sites for hydroxylation is 1. The Labute approximate surface area is 120 Å². The summed E-state index contributed by atoms with van der Waals surface area (Å²) < 4.78 is 34.3. The van der Waals surface area contributed by atoms with E-state index in [4.69, 9.17) is 16.3 Å². The number of benzene rings is 1. The number of ether oxygens (including phenoxy) is 1. The van der Waals surface area contributed by atoms with Crippen LogP contribution in [0.4, 0.5) is 8.78 Å². The highest BCUT2D eigenvalue weighted by Crippen LogP contribution is 2.24. The first-order valence-corrected chi connectivity index (χ1v) is 7.20. The average Bonchev–Trinajstić information content (AvgIpc) is 3.03. The number of hydrogen-bond acceptors (Lipinski definition) is 2. The Morgan fingerprint density at radius 2 is 2.25 bits per heavy atom. The topological polar surface area (TPSA) is 27.1 Å². The summed E-state index contributed by atoms with van der Waals surface area (Å²) in [6.07, 6.45) is 1.93. The van der Waals surface area contributed by atoms with E-state index < -0.39 is 11.6 Å². The van der Waals surface area contributed by atoms with Gasteiger partial charge in [-0.1, -0.05) is 0 Å². The summed E-state index contributed by atoms with van der Waals surface area (Å²) in [5, 5.41) is 0. The van der Waals surface area contributed by atoms with Crippen molar-refractivity contribution < 1.29 is 13.5 Å². The van der Waals surface area contributed by atoms with Gasteiger partial charge in [0.25, 0.3) is 0 Å². The van der Waals surface area contributed by atoms with E-state index >= 15 is 0 Å². The van der Waals surface area contributed by atoms with Gasteiger partial charge in [0.05, 0.1) is 11.4 Å². The zero-order valence-corrected chi connectivity index (χ0v) is 11.7. The van der Waals surface area contributed by atoms with E-state index in [1.165, 1.54) is 6.07 Å². The molecule has 0 spiro atoms. The minimum Gasteiger partial charge on any atom is -0.381 e. The molecule has 1 aromatic heterocycles. The fourth-order valence-corrected chi connectivity index (χ4v) is 2.88. The Morgan fingerprint density at radius 3 is 2.95 bits per heavy atom. The molecule has 108 valence electrons. The van der Waals surface area contributed by atoms with E-state index in [2.05, 4.69) is 4.98 Å². The van der Waals surface area contributed by atoms with E-state index in [0.717, 1.165) is 32.1 Å². The number of hydrogen-bond donors (Lipinski definition) is 0. The fraction of sp³-hybridized carbons (Fsp3) is 0.500. The van der Waals surface area contributed by atoms with Crippen LogP contribution in [0.15, 0.2) is 12.1 Å². The molecule has 0 saturated carbocycles. The third-order valence-electron chi connectivity index (χ3n) is 3.76. The lowest BCUT2D eigenvalue weighted by Gasteiger charge is -2.11. The molecular formula is C14H15ClF2N2O. The third-order valence-corrected chi connectivity index (χ3v) is 3.99. The van der Waals surface area contributed by atoms with Crippen LogP contribution < -0.4 is 0 Å². The Morgan fingerprint density at radius 1 is 1.40 bits per heavy atom. The van der Waals surface area contributed by atoms with Gasteiger partial charge in [-0.15, -0.1) is 11.6 Å². The summed E-state index contributed by atoms with van der Waals surface area (Å²) in [7, 11) is 0. The molecule has 20 heavy (non-hydrogen) atoms. The maximum Gasteiger partial charge on any atom is 0.153 e. The molecule has 1 unspecified atom stereocenters. The van der Waals surface area contributed by atoms with Crippen molar-refractivity contribution in [2.75, 3.05) is 13.2 Å². The van der Waals surface area contributed by atoms with Gasteiger partial charge in [-0.25, -0.2) is 13.8 Å². The SMILES string of the molecule is Fc1cc(F)c2nc(CCl)n(CCC3CCOC3)c2c1. The molecule has 1 fully saturated rings. The molecule has 3 rings (SSSR count). The molecular weight excluding hydrogens is 286 g/mol. The van der Waals surface area contributed by atoms with Gasteiger partial charge in [0.15, 0.2) is 5.82 Å². The van der Waals surface area contributed by atoms with Crippen LogP contribution in [0.25, 0.3) is 11.0 Å². The molecule has 1 atom stereocenters. The first kappa shape index (κ1) is 13.8. The van der Waals surface area contributed by atoms with E-state index in [1.807, 2.05) is 4.57 Å². The Hall–Kier alpha value is -1.20. The van der Waals surface area contributed by atoms with Crippen molar-refractivity contribution in [2.24, 2.45) is 5.92 Å². The van der Waals surface area contributed by atoms with Gasteiger partial charge in [-0.2, -0.15) is 0 Å². The quantitative estimate of drug-likeness (QED) is 0.808. The predicted molar refractivity (Wildman–Crippen MR) is 72.7 cm³/mol. The van der Waals surface area contributed by atoms with Crippen molar-refractivity contribution in [3.63, 3.8) is 0 Å². The second kappa shape index (κ2) is 5.66. The lowest BCUT2D eigenvalue weighted by atomic mass is 10.1. The van der Waals surface area contributed by atoms with E-state index in [-0.39, 0.29) is 11.4 Å². The van der Waals surface area contributed by atoms with Crippen LogP contribution in [0.1, 0.15) is 18.7 Å². The zero-order chi connectivity index (χ0) is 14.1. The summed E-state index contributed by atoms with van der Waals surface area (Å²) in [5.41, 5.74) is 0.654. The minimum absolute atomic E-state index is 0.177. The fourth-order valence-electron chi connectivity index (χ4n) is 2.67. The third kappa shape index (κ3) is 2.52. The van der Waals surface area contributed by atoms with Gasteiger partial charge in [-0.3, -0.25) is 0 Å². The number of rotatable bonds is 4. The minimum atomic E-state index is -0.644. The second-order valence-electron chi connectivity index (χ2n) is 5.09. The number of alkyl halides is 1. The first-order chi connectivity index (χ1) is 9.69.